The summed E-state index contributed by atoms with van der Waals surface area (Å²) < 4.78 is 0. The molecule has 0 aliphatic carbocycles. The van der Waals surface area contributed by atoms with E-state index in [4.69, 9.17) is 0 Å². The molecule has 0 atom stereocenters. The highest BCUT2D eigenvalue weighted by Gasteiger charge is 1.99. The first kappa shape index (κ1) is 8.45. The van der Waals surface area contributed by atoms with Crippen molar-refractivity contribution in [2.75, 3.05) is 0 Å². The molecule has 0 radical (unpaired) electrons. The molecular weight excluding hydrogens is 178 g/mol. The molecule has 0 unspecified atom stereocenters. The van der Waals surface area contributed by atoms with E-state index >= 15 is 0 Å². The second kappa shape index (κ2) is 3.71. The molecule has 0 saturated heterocycles. The van der Waals surface area contributed by atoms with Crippen molar-refractivity contribution < 1.29 is 0 Å². The van der Waals surface area contributed by atoms with Crippen molar-refractivity contribution in [1.82, 2.24) is 4.98 Å². The fourth-order valence-electron chi connectivity index (χ4n) is 1.17. The van der Waals surface area contributed by atoms with E-state index in [2.05, 4.69) is 42.2 Å². The summed E-state index contributed by atoms with van der Waals surface area (Å²) >= 11 is 1.77. The first-order valence-corrected chi connectivity index (χ1v) is 5.05. The summed E-state index contributed by atoms with van der Waals surface area (Å²) in [5, 5.41) is 1.19. The second-order valence-electron chi connectivity index (χ2n) is 2.90. The van der Waals surface area contributed by atoms with Gasteiger partial charge in [-0.05, 0) is 30.7 Å². The van der Waals surface area contributed by atoms with Crippen LogP contribution in [-0.2, 0) is 0 Å². The third kappa shape index (κ3) is 1.95. The van der Waals surface area contributed by atoms with Gasteiger partial charge in [0.15, 0.2) is 0 Å². The first-order valence-electron chi connectivity index (χ1n) is 4.23. The normalized spacial score (nSPS) is 10.2. The minimum atomic E-state index is 1.19. The monoisotopic (exact) mass is 189 g/mol. The molecule has 0 aliphatic heterocycles. The number of aromatic amines is 1. The predicted octanol–water partition coefficient (Wildman–Crippen LogP) is 3.47. The maximum atomic E-state index is 3.18. The molecule has 1 heterocycles. The van der Waals surface area contributed by atoms with Crippen molar-refractivity contribution in [1.29, 1.82) is 0 Å². The molecule has 1 nitrogen and oxygen atoms in total. The lowest BCUT2D eigenvalue weighted by Gasteiger charge is -2.02. The molecule has 1 aromatic carbocycles. The Morgan fingerprint density at radius 2 is 1.92 bits per heavy atom. The summed E-state index contributed by atoms with van der Waals surface area (Å²) in [4.78, 5) is 4.49. The van der Waals surface area contributed by atoms with Gasteiger partial charge in [0.05, 0.1) is 5.03 Å². The maximum Gasteiger partial charge on any atom is 0.0770 e. The van der Waals surface area contributed by atoms with E-state index in [9.17, 15) is 0 Å². The zero-order valence-electron chi connectivity index (χ0n) is 7.45. The van der Waals surface area contributed by atoms with Gasteiger partial charge in [-0.25, -0.2) is 0 Å². The highest BCUT2D eigenvalue weighted by atomic mass is 32.2. The number of H-pyrrole nitrogens is 1. The van der Waals surface area contributed by atoms with E-state index in [1.807, 2.05) is 12.3 Å². The quantitative estimate of drug-likeness (QED) is 0.764. The highest BCUT2D eigenvalue weighted by molar-refractivity contribution is 7.99. The number of rotatable bonds is 2. The minimum absolute atomic E-state index is 1.19. The Kier molecular flexibility index (Phi) is 2.41. The van der Waals surface area contributed by atoms with Gasteiger partial charge in [-0.1, -0.05) is 30.0 Å². The minimum Gasteiger partial charge on any atom is -0.356 e. The van der Waals surface area contributed by atoms with E-state index in [0.29, 0.717) is 0 Å². The number of hydrogen-bond acceptors (Lipinski definition) is 1. The van der Waals surface area contributed by atoms with Gasteiger partial charge in [-0.2, -0.15) is 0 Å². The molecule has 13 heavy (non-hydrogen) atoms. The van der Waals surface area contributed by atoms with Crippen molar-refractivity contribution in [3.05, 3.63) is 48.2 Å². The van der Waals surface area contributed by atoms with Crippen LogP contribution in [0.3, 0.4) is 0 Å². The van der Waals surface area contributed by atoms with E-state index < -0.39 is 0 Å². The molecular formula is C11H11NS. The van der Waals surface area contributed by atoms with Crippen LogP contribution < -0.4 is 0 Å². The average Bonchev–Trinajstić information content (AvgIpc) is 2.61. The molecule has 1 aromatic heterocycles. The fraction of sp³-hybridized carbons (Fsp3) is 0.0909. The molecule has 2 aromatic rings. The van der Waals surface area contributed by atoms with Gasteiger partial charge in [-0.3, -0.25) is 0 Å². The first-order chi connectivity index (χ1) is 6.36. The molecule has 1 N–H and O–H groups in total. The standard InChI is InChI=1S/C11H11NS/c1-9-5-2-3-6-10(9)13-11-7-4-8-12-11/h2-8,12H,1H3. The molecule has 0 saturated carbocycles. The lowest BCUT2D eigenvalue weighted by Crippen LogP contribution is -1.77. The van der Waals surface area contributed by atoms with E-state index in [1.54, 1.807) is 11.8 Å². The number of aromatic nitrogens is 1. The van der Waals surface area contributed by atoms with Crippen molar-refractivity contribution in [2.45, 2.75) is 16.8 Å². The average molecular weight is 189 g/mol. The zero-order valence-corrected chi connectivity index (χ0v) is 8.27. The summed E-state index contributed by atoms with van der Waals surface area (Å²) in [5.41, 5.74) is 1.32. The fourth-order valence-corrected chi connectivity index (χ4v) is 2.05. The van der Waals surface area contributed by atoms with Gasteiger partial charge < -0.3 is 4.98 Å². The highest BCUT2D eigenvalue weighted by Crippen LogP contribution is 2.28. The van der Waals surface area contributed by atoms with E-state index in [-0.39, 0.29) is 0 Å². The number of benzene rings is 1. The predicted molar refractivity (Wildman–Crippen MR) is 56.1 cm³/mol. The smallest absolute Gasteiger partial charge is 0.0770 e. The lowest BCUT2D eigenvalue weighted by atomic mass is 10.2. The van der Waals surface area contributed by atoms with Crippen molar-refractivity contribution in [3.63, 3.8) is 0 Å². The van der Waals surface area contributed by atoms with Crippen LogP contribution in [0.2, 0.25) is 0 Å². The third-order valence-electron chi connectivity index (χ3n) is 1.88. The van der Waals surface area contributed by atoms with Gasteiger partial charge in [0, 0.05) is 11.1 Å². The number of hydrogen-bond donors (Lipinski definition) is 1. The van der Waals surface area contributed by atoms with Crippen LogP contribution in [0, 0.1) is 6.92 Å². The Hall–Kier alpha value is -1.15. The summed E-state index contributed by atoms with van der Waals surface area (Å²) in [5.74, 6) is 0. The van der Waals surface area contributed by atoms with E-state index in [0.717, 1.165) is 0 Å². The summed E-state index contributed by atoms with van der Waals surface area (Å²) in [6.45, 7) is 2.13. The Bertz CT molecular complexity index is 379. The van der Waals surface area contributed by atoms with Crippen LogP contribution in [0.5, 0.6) is 0 Å². The van der Waals surface area contributed by atoms with Gasteiger partial charge in [-0.15, -0.1) is 0 Å². The topological polar surface area (TPSA) is 15.8 Å². The molecule has 0 bridgehead atoms. The summed E-state index contributed by atoms with van der Waals surface area (Å²) in [6.07, 6.45) is 1.95. The van der Waals surface area contributed by atoms with Crippen LogP contribution in [0.1, 0.15) is 5.56 Å². The molecule has 0 spiro atoms. The Balaban J connectivity index is 2.24. The zero-order chi connectivity index (χ0) is 9.10. The Morgan fingerprint density at radius 3 is 2.62 bits per heavy atom. The van der Waals surface area contributed by atoms with Gasteiger partial charge in [0.1, 0.15) is 0 Å². The van der Waals surface area contributed by atoms with Crippen molar-refractivity contribution >= 4 is 11.8 Å². The van der Waals surface area contributed by atoms with Crippen molar-refractivity contribution in [2.24, 2.45) is 0 Å². The maximum absolute atomic E-state index is 3.18. The third-order valence-corrected chi connectivity index (χ3v) is 3.03. The SMILES string of the molecule is Cc1ccccc1Sc1ccc[nH]1. The number of aryl methyl sites for hydroxylation is 1. The molecule has 0 fully saturated rings. The Labute approximate surface area is 82.2 Å². The van der Waals surface area contributed by atoms with Crippen LogP contribution >= 0.6 is 11.8 Å². The molecule has 0 amide bonds. The van der Waals surface area contributed by atoms with Crippen LogP contribution in [0.4, 0.5) is 0 Å². The van der Waals surface area contributed by atoms with Gasteiger partial charge in [0.25, 0.3) is 0 Å². The largest absolute Gasteiger partial charge is 0.356 e. The lowest BCUT2D eigenvalue weighted by molar-refractivity contribution is 1.19. The Morgan fingerprint density at radius 1 is 1.08 bits per heavy atom. The summed E-state index contributed by atoms with van der Waals surface area (Å²) in [6, 6.07) is 12.5. The molecule has 2 rings (SSSR count). The van der Waals surface area contributed by atoms with Crippen LogP contribution in [0.15, 0.2) is 52.5 Å². The van der Waals surface area contributed by atoms with E-state index in [1.165, 1.54) is 15.5 Å². The van der Waals surface area contributed by atoms with Crippen molar-refractivity contribution in [3.8, 4) is 0 Å². The molecule has 0 aliphatic rings. The molecule has 2 heteroatoms. The van der Waals surface area contributed by atoms with Crippen LogP contribution in [0.25, 0.3) is 0 Å². The van der Waals surface area contributed by atoms with Gasteiger partial charge in [0.2, 0.25) is 0 Å². The number of nitrogens with one attached hydrogen (secondary N) is 1. The van der Waals surface area contributed by atoms with Gasteiger partial charge >= 0.3 is 0 Å². The second-order valence-corrected chi connectivity index (χ2v) is 3.99. The molecule has 66 valence electrons. The summed E-state index contributed by atoms with van der Waals surface area (Å²) in [7, 11) is 0. The van der Waals surface area contributed by atoms with Crippen LogP contribution in [-0.4, -0.2) is 4.98 Å².